The predicted octanol–water partition coefficient (Wildman–Crippen LogP) is 7.52. The molecular weight excluding hydrogens is 589 g/mol. The van der Waals surface area contributed by atoms with Gasteiger partial charge < -0.3 is 5.32 Å². The van der Waals surface area contributed by atoms with E-state index in [1.54, 1.807) is 43.3 Å². The minimum absolute atomic E-state index is 0.130. The molecule has 10 heteroatoms. The zero-order chi connectivity index (χ0) is 29.6. The predicted molar refractivity (Wildman–Crippen MR) is 159 cm³/mol. The molecule has 1 N–H and O–H groups in total. The Balaban J connectivity index is 1.57. The van der Waals surface area contributed by atoms with Crippen LogP contribution in [0.2, 0.25) is 10.0 Å². The molecule has 5 nitrogen and oxygen atoms in total. The van der Waals surface area contributed by atoms with Crippen LogP contribution < -0.4 is 9.62 Å². The Labute approximate surface area is 248 Å². The van der Waals surface area contributed by atoms with Gasteiger partial charge in [0.25, 0.3) is 10.0 Å². The molecule has 0 aromatic heterocycles. The van der Waals surface area contributed by atoms with Crippen molar-refractivity contribution >= 4 is 44.8 Å². The Hall–Kier alpha value is -3.46. The topological polar surface area (TPSA) is 66.5 Å². The van der Waals surface area contributed by atoms with Crippen molar-refractivity contribution in [3.05, 3.63) is 129 Å². The van der Waals surface area contributed by atoms with Gasteiger partial charge in [-0.05, 0) is 85.0 Å². The van der Waals surface area contributed by atoms with Crippen molar-refractivity contribution < 1.29 is 22.0 Å². The van der Waals surface area contributed by atoms with Crippen LogP contribution in [0.4, 0.5) is 14.5 Å². The lowest BCUT2D eigenvalue weighted by Gasteiger charge is -2.32. The second-order valence-corrected chi connectivity index (χ2v) is 12.1. The number of halogens is 4. The van der Waals surface area contributed by atoms with Gasteiger partial charge in [0, 0.05) is 29.1 Å². The summed E-state index contributed by atoms with van der Waals surface area (Å²) >= 11 is 11.9. The zero-order valence-electron chi connectivity index (χ0n) is 22.2. The van der Waals surface area contributed by atoms with Crippen LogP contribution in [0.1, 0.15) is 36.1 Å². The number of anilines is 1. The zero-order valence-corrected chi connectivity index (χ0v) is 24.5. The number of benzene rings is 4. The van der Waals surface area contributed by atoms with E-state index in [0.29, 0.717) is 40.6 Å². The third-order valence-electron chi connectivity index (χ3n) is 6.64. The standard InChI is InChI=1S/C31H28Cl2F2N2O3S/c1-21(37(30-20-26(34)13-16-29(30)35)41(39,40)27-14-11-25(33)12-15-27)28-5-3-2-4-23(28)8-17-31(38)36-19-18-22-6-9-24(32)10-7-22/h2-7,9-16,20-21H,8,17-19H2,1H3,(H,36,38)/t21-/m1/s1. The lowest BCUT2D eigenvalue weighted by molar-refractivity contribution is -0.121. The molecule has 0 radical (unpaired) electrons. The van der Waals surface area contributed by atoms with Crippen LogP contribution in [0.3, 0.4) is 0 Å². The van der Waals surface area contributed by atoms with Gasteiger partial charge in [0.15, 0.2) is 0 Å². The van der Waals surface area contributed by atoms with Crippen molar-refractivity contribution in [1.82, 2.24) is 5.32 Å². The number of sulfonamides is 1. The second kappa shape index (κ2) is 13.5. The van der Waals surface area contributed by atoms with Crippen molar-refractivity contribution in [2.45, 2.75) is 37.1 Å². The summed E-state index contributed by atoms with van der Waals surface area (Å²) in [5.74, 6) is -1.84. The molecule has 0 bridgehead atoms. The van der Waals surface area contributed by atoms with Crippen molar-refractivity contribution in [3.63, 3.8) is 0 Å². The molecule has 41 heavy (non-hydrogen) atoms. The molecule has 0 fully saturated rings. The number of carbonyl (C=O) groups excluding carboxylic acids is 1. The minimum atomic E-state index is -4.37. The lowest BCUT2D eigenvalue weighted by atomic mass is 9.97. The Morgan fingerprint density at radius 3 is 2.20 bits per heavy atom. The van der Waals surface area contributed by atoms with E-state index in [1.807, 2.05) is 12.1 Å². The Morgan fingerprint density at radius 1 is 0.878 bits per heavy atom. The van der Waals surface area contributed by atoms with E-state index in [-0.39, 0.29) is 17.2 Å². The van der Waals surface area contributed by atoms with Gasteiger partial charge in [-0.3, -0.25) is 9.10 Å². The monoisotopic (exact) mass is 616 g/mol. The van der Waals surface area contributed by atoms with Gasteiger partial charge in [0.05, 0.1) is 16.6 Å². The summed E-state index contributed by atoms with van der Waals surface area (Å²) in [4.78, 5) is 12.5. The highest BCUT2D eigenvalue weighted by atomic mass is 35.5. The molecule has 214 valence electrons. The van der Waals surface area contributed by atoms with E-state index in [4.69, 9.17) is 23.2 Å². The fourth-order valence-electron chi connectivity index (χ4n) is 4.55. The first-order valence-corrected chi connectivity index (χ1v) is 15.1. The maximum absolute atomic E-state index is 15.1. The highest BCUT2D eigenvalue weighted by Crippen LogP contribution is 2.37. The van der Waals surface area contributed by atoms with Gasteiger partial charge in [-0.15, -0.1) is 0 Å². The number of nitrogens with one attached hydrogen (secondary N) is 1. The number of nitrogens with zero attached hydrogens (tertiary/aromatic N) is 1. The maximum atomic E-state index is 15.1. The fourth-order valence-corrected chi connectivity index (χ4v) is 6.44. The van der Waals surface area contributed by atoms with E-state index >= 15 is 4.39 Å². The smallest absolute Gasteiger partial charge is 0.264 e. The van der Waals surface area contributed by atoms with Crippen LogP contribution in [-0.2, 0) is 27.7 Å². The quantitative estimate of drug-likeness (QED) is 0.189. The van der Waals surface area contributed by atoms with Gasteiger partial charge in [0.1, 0.15) is 11.6 Å². The highest BCUT2D eigenvalue weighted by Gasteiger charge is 2.33. The van der Waals surface area contributed by atoms with Gasteiger partial charge >= 0.3 is 0 Å². The second-order valence-electron chi connectivity index (χ2n) is 9.45. The summed E-state index contributed by atoms with van der Waals surface area (Å²) in [5.41, 5.74) is 1.88. The van der Waals surface area contributed by atoms with E-state index in [1.165, 1.54) is 24.3 Å². The first-order valence-electron chi connectivity index (χ1n) is 12.9. The average molecular weight is 618 g/mol. The molecule has 0 aliphatic carbocycles. The molecule has 0 heterocycles. The molecular formula is C31H28Cl2F2N2O3S. The number of rotatable bonds is 11. The average Bonchev–Trinajstić information content (AvgIpc) is 2.95. The Bertz CT molecular complexity index is 1620. The van der Waals surface area contributed by atoms with Gasteiger partial charge in [-0.1, -0.05) is 59.6 Å². The molecule has 0 aliphatic rings. The van der Waals surface area contributed by atoms with Gasteiger partial charge in [0.2, 0.25) is 5.91 Å². The van der Waals surface area contributed by atoms with Gasteiger partial charge in [-0.25, -0.2) is 17.2 Å². The van der Waals surface area contributed by atoms with E-state index in [2.05, 4.69) is 5.32 Å². The number of aryl methyl sites for hydroxylation is 1. The number of amides is 1. The first kappa shape index (κ1) is 30.5. The molecule has 0 unspecified atom stereocenters. The van der Waals surface area contributed by atoms with Crippen LogP contribution in [0.15, 0.2) is 95.9 Å². The summed E-state index contributed by atoms with van der Waals surface area (Å²) in [6.45, 7) is 2.05. The Morgan fingerprint density at radius 2 is 1.51 bits per heavy atom. The molecule has 1 atom stereocenters. The molecule has 4 aromatic carbocycles. The van der Waals surface area contributed by atoms with Crippen LogP contribution >= 0.6 is 23.2 Å². The normalized spacial score (nSPS) is 12.1. The van der Waals surface area contributed by atoms with Gasteiger partial charge in [-0.2, -0.15) is 0 Å². The van der Waals surface area contributed by atoms with Crippen LogP contribution in [0, 0.1) is 11.6 Å². The van der Waals surface area contributed by atoms with Crippen molar-refractivity contribution in [2.24, 2.45) is 0 Å². The van der Waals surface area contributed by atoms with E-state index in [0.717, 1.165) is 28.1 Å². The summed E-state index contributed by atoms with van der Waals surface area (Å²) in [7, 11) is -4.37. The number of carbonyl (C=O) groups is 1. The van der Waals surface area contributed by atoms with E-state index < -0.39 is 33.4 Å². The highest BCUT2D eigenvalue weighted by molar-refractivity contribution is 7.92. The molecule has 0 aliphatic heterocycles. The molecule has 0 saturated carbocycles. The number of hydrogen-bond donors (Lipinski definition) is 1. The largest absolute Gasteiger partial charge is 0.356 e. The molecule has 0 spiro atoms. The first-order chi connectivity index (χ1) is 19.6. The summed E-state index contributed by atoms with van der Waals surface area (Å²) in [6.07, 6.45) is 1.11. The SMILES string of the molecule is C[C@H](c1ccccc1CCC(=O)NCCc1ccc(Cl)cc1)N(c1cc(F)ccc1F)S(=O)(=O)c1ccc(Cl)cc1. The van der Waals surface area contributed by atoms with Crippen LogP contribution in [0.25, 0.3) is 0 Å². The third-order valence-corrected chi connectivity index (χ3v) is 9.05. The summed E-state index contributed by atoms with van der Waals surface area (Å²) in [6, 6.07) is 21.6. The van der Waals surface area contributed by atoms with Crippen LogP contribution in [0.5, 0.6) is 0 Å². The van der Waals surface area contributed by atoms with Crippen LogP contribution in [-0.4, -0.2) is 20.9 Å². The molecule has 0 saturated heterocycles. The van der Waals surface area contributed by atoms with Crippen molar-refractivity contribution in [3.8, 4) is 0 Å². The Kier molecular flexibility index (Phi) is 10.0. The van der Waals surface area contributed by atoms with Crippen molar-refractivity contribution in [1.29, 1.82) is 0 Å². The third kappa shape index (κ3) is 7.64. The fraction of sp³-hybridized carbons (Fsp3) is 0.194. The lowest BCUT2D eigenvalue weighted by Crippen LogP contribution is -2.35. The van der Waals surface area contributed by atoms with E-state index in [9.17, 15) is 17.6 Å². The molecule has 4 rings (SSSR count). The molecule has 4 aromatic rings. The summed E-state index contributed by atoms with van der Waals surface area (Å²) < 4.78 is 58.0. The maximum Gasteiger partial charge on any atom is 0.264 e. The number of hydrogen-bond acceptors (Lipinski definition) is 3. The summed E-state index contributed by atoms with van der Waals surface area (Å²) in [5, 5.41) is 3.87. The van der Waals surface area contributed by atoms with Crippen molar-refractivity contribution in [2.75, 3.05) is 10.8 Å². The molecule has 1 amide bonds. The minimum Gasteiger partial charge on any atom is -0.356 e.